The molecule has 1 aliphatic rings. The molecule has 1 heterocycles. The van der Waals surface area contributed by atoms with Gasteiger partial charge in [0.25, 0.3) is 0 Å². The zero-order chi connectivity index (χ0) is 15.5. The lowest BCUT2D eigenvalue weighted by Crippen LogP contribution is -2.11. The first kappa shape index (κ1) is 15.1. The van der Waals surface area contributed by atoms with Crippen LogP contribution in [-0.4, -0.2) is 22.0 Å². The fourth-order valence-electron chi connectivity index (χ4n) is 2.84. The summed E-state index contributed by atoms with van der Waals surface area (Å²) in [7, 11) is 3.45. The van der Waals surface area contributed by atoms with Crippen molar-refractivity contribution in [2.45, 2.75) is 38.0 Å². The molecule has 1 fully saturated rings. The molecule has 0 atom stereocenters. The molecule has 0 saturated heterocycles. The van der Waals surface area contributed by atoms with Gasteiger partial charge < -0.3 is 9.84 Å². The van der Waals surface area contributed by atoms with E-state index in [0.29, 0.717) is 17.4 Å². The summed E-state index contributed by atoms with van der Waals surface area (Å²) in [6.07, 6.45) is 6.41. The van der Waals surface area contributed by atoms with Crippen LogP contribution in [0.2, 0.25) is 0 Å². The Bertz CT molecular complexity index is 714. The van der Waals surface area contributed by atoms with Crippen molar-refractivity contribution in [2.75, 3.05) is 7.11 Å². The molecule has 5 nitrogen and oxygen atoms in total. The zero-order valence-corrected chi connectivity index (χ0v) is 13.8. The monoisotopic (exact) mass is 319 g/mol. The van der Waals surface area contributed by atoms with Gasteiger partial charge in [-0.2, -0.15) is 5.10 Å². The van der Waals surface area contributed by atoms with Gasteiger partial charge >= 0.3 is 0 Å². The standard InChI is InChI=1S/C16H21N3O2S/c1-19-16(17-12-8-9-14(21-2)13(20)10-12)22-15(18-19)11-6-4-3-5-7-11/h8-11,20H,3-7H2,1-2H3. The van der Waals surface area contributed by atoms with E-state index in [1.807, 2.05) is 17.8 Å². The molecule has 0 amide bonds. The fraction of sp³-hybridized carbons (Fsp3) is 0.500. The number of aromatic hydroxyl groups is 1. The largest absolute Gasteiger partial charge is 0.504 e. The predicted molar refractivity (Wildman–Crippen MR) is 86.8 cm³/mol. The molecule has 22 heavy (non-hydrogen) atoms. The van der Waals surface area contributed by atoms with E-state index in [0.717, 1.165) is 4.80 Å². The molecule has 0 radical (unpaired) electrons. The minimum Gasteiger partial charge on any atom is -0.504 e. The molecule has 1 N–H and O–H groups in total. The molecular formula is C16H21N3O2S. The Morgan fingerprint density at radius 2 is 2.09 bits per heavy atom. The molecule has 118 valence electrons. The van der Waals surface area contributed by atoms with Gasteiger partial charge in [0, 0.05) is 19.0 Å². The number of hydrogen-bond donors (Lipinski definition) is 1. The normalized spacial score (nSPS) is 16.9. The predicted octanol–water partition coefficient (Wildman–Crippen LogP) is 3.48. The number of nitrogens with zero attached hydrogens (tertiary/aromatic N) is 3. The van der Waals surface area contributed by atoms with Crippen molar-refractivity contribution in [1.29, 1.82) is 0 Å². The zero-order valence-electron chi connectivity index (χ0n) is 13.0. The van der Waals surface area contributed by atoms with Crippen LogP contribution in [0, 0.1) is 0 Å². The van der Waals surface area contributed by atoms with Crippen LogP contribution < -0.4 is 9.54 Å². The van der Waals surface area contributed by atoms with E-state index in [1.54, 1.807) is 23.5 Å². The number of ether oxygens (including phenoxy) is 1. The quantitative estimate of drug-likeness (QED) is 0.942. The van der Waals surface area contributed by atoms with Crippen molar-refractivity contribution in [3.8, 4) is 11.5 Å². The third kappa shape index (κ3) is 3.16. The van der Waals surface area contributed by atoms with Crippen molar-refractivity contribution in [3.63, 3.8) is 0 Å². The Hall–Kier alpha value is -1.82. The number of methoxy groups -OCH3 is 1. The van der Waals surface area contributed by atoms with E-state index in [2.05, 4.69) is 10.1 Å². The summed E-state index contributed by atoms with van der Waals surface area (Å²) in [5.41, 5.74) is 0.702. The minimum absolute atomic E-state index is 0.100. The lowest BCUT2D eigenvalue weighted by molar-refractivity contribution is 0.373. The summed E-state index contributed by atoms with van der Waals surface area (Å²) in [6.45, 7) is 0. The van der Waals surface area contributed by atoms with E-state index in [9.17, 15) is 5.11 Å². The van der Waals surface area contributed by atoms with Crippen LogP contribution >= 0.6 is 11.3 Å². The molecule has 0 spiro atoms. The number of benzene rings is 1. The average molecular weight is 319 g/mol. The SMILES string of the molecule is COc1ccc(N=c2sc(C3CCCCC3)nn2C)cc1O. The molecule has 0 unspecified atom stereocenters. The van der Waals surface area contributed by atoms with Gasteiger partial charge in [-0.05, 0) is 25.0 Å². The highest BCUT2D eigenvalue weighted by atomic mass is 32.1. The average Bonchev–Trinajstić information content (AvgIpc) is 2.89. The van der Waals surface area contributed by atoms with Crippen molar-refractivity contribution in [2.24, 2.45) is 12.0 Å². The third-order valence-electron chi connectivity index (χ3n) is 4.06. The molecule has 1 aliphatic carbocycles. The van der Waals surface area contributed by atoms with Gasteiger partial charge in [0.1, 0.15) is 5.01 Å². The summed E-state index contributed by atoms with van der Waals surface area (Å²) in [6, 6.07) is 5.16. The van der Waals surface area contributed by atoms with Crippen molar-refractivity contribution < 1.29 is 9.84 Å². The maximum atomic E-state index is 9.84. The number of aryl methyl sites for hydroxylation is 1. The lowest BCUT2D eigenvalue weighted by atomic mass is 9.90. The van der Waals surface area contributed by atoms with Crippen LogP contribution in [0.25, 0.3) is 0 Å². The molecule has 1 aromatic carbocycles. The molecular weight excluding hydrogens is 298 g/mol. The molecule has 1 aromatic heterocycles. The highest BCUT2D eigenvalue weighted by molar-refractivity contribution is 7.08. The van der Waals surface area contributed by atoms with Crippen molar-refractivity contribution in [3.05, 3.63) is 28.0 Å². The summed E-state index contributed by atoms with van der Waals surface area (Å²) in [4.78, 5) is 5.45. The summed E-state index contributed by atoms with van der Waals surface area (Å²) in [5, 5.41) is 15.7. The number of phenols is 1. The number of hydrogen-bond acceptors (Lipinski definition) is 5. The fourth-order valence-corrected chi connectivity index (χ4v) is 3.92. The van der Waals surface area contributed by atoms with Crippen LogP contribution in [0.15, 0.2) is 23.2 Å². The molecule has 6 heteroatoms. The Morgan fingerprint density at radius 3 is 2.77 bits per heavy atom. The van der Waals surface area contributed by atoms with Gasteiger partial charge in [-0.25, -0.2) is 9.67 Å². The second kappa shape index (κ2) is 6.52. The van der Waals surface area contributed by atoms with E-state index < -0.39 is 0 Å². The molecule has 1 saturated carbocycles. The Kier molecular flexibility index (Phi) is 4.47. The second-order valence-electron chi connectivity index (χ2n) is 5.65. The van der Waals surface area contributed by atoms with Gasteiger partial charge in [0.15, 0.2) is 11.5 Å². The first-order chi connectivity index (χ1) is 10.7. The molecule has 0 aliphatic heterocycles. The minimum atomic E-state index is 0.100. The van der Waals surface area contributed by atoms with Gasteiger partial charge in [-0.1, -0.05) is 30.6 Å². The molecule has 3 rings (SSSR count). The van der Waals surface area contributed by atoms with E-state index in [1.165, 1.54) is 44.2 Å². The topological polar surface area (TPSA) is 59.6 Å². The number of phenolic OH excluding ortho intramolecular Hbond substituents is 1. The van der Waals surface area contributed by atoms with Crippen LogP contribution in [0.4, 0.5) is 5.69 Å². The maximum absolute atomic E-state index is 9.84. The maximum Gasteiger partial charge on any atom is 0.207 e. The first-order valence-corrected chi connectivity index (χ1v) is 8.45. The van der Waals surface area contributed by atoms with E-state index >= 15 is 0 Å². The molecule has 0 bridgehead atoms. The van der Waals surface area contributed by atoms with E-state index in [-0.39, 0.29) is 5.75 Å². The third-order valence-corrected chi connectivity index (χ3v) is 5.23. The van der Waals surface area contributed by atoms with Gasteiger partial charge in [0.2, 0.25) is 4.80 Å². The van der Waals surface area contributed by atoms with Crippen LogP contribution in [0.3, 0.4) is 0 Å². The Balaban J connectivity index is 1.90. The Morgan fingerprint density at radius 1 is 1.32 bits per heavy atom. The highest BCUT2D eigenvalue weighted by Gasteiger charge is 2.19. The van der Waals surface area contributed by atoms with Crippen molar-refractivity contribution in [1.82, 2.24) is 9.78 Å². The van der Waals surface area contributed by atoms with Crippen LogP contribution in [-0.2, 0) is 7.05 Å². The van der Waals surface area contributed by atoms with Gasteiger partial charge in [-0.15, -0.1) is 0 Å². The number of rotatable bonds is 3. The summed E-state index contributed by atoms with van der Waals surface area (Å²) in [5.74, 6) is 1.14. The first-order valence-electron chi connectivity index (χ1n) is 7.63. The van der Waals surface area contributed by atoms with Gasteiger partial charge in [0.05, 0.1) is 12.8 Å². The molecule has 2 aromatic rings. The summed E-state index contributed by atoms with van der Waals surface area (Å²) >= 11 is 1.65. The van der Waals surface area contributed by atoms with Gasteiger partial charge in [-0.3, -0.25) is 0 Å². The lowest BCUT2D eigenvalue weighted by Gasteiger charge is -2.18. The number of aromatic nitrogens is 2. The highest BCUT2D eigenvalue weighted by Crippen LogP contribution is 2.33. The second-order valence-corrected chi connectivity index (χ2v) is 6.64. The summed E-state index contributed by atoms with van der Waals surface area (Å²) < 4.78 is 6.88. The Labute approximate surface area is 133 Å². The van der Waals surface area contributed by atoms with Crippen LogP contribution in [0.1, 0.15) is 43.0 Å². The van der Waals surface area contributed by atoms with E-state index in [4.69, 9.17) is 4.74 Å². The van der Waals surface area contributed by atoms with Crippen LogP contribution in [0.5, 0.6) is 11.5 Å². The smallest absolute Gasteiger partial charge is 0.207 e. The van der Waals surface area contributed by atoms with Crippen molar-refractivity contribution >= 4 is 17.0 Å².